The summed E-state index contributed by atoms with van der Waals surface area (Å²) in [5.74, 6) is -0.276. The number of amides is 2. The molecule has 0 aliphatic carbocycles. The number of hydrogen-bond donors (Lipinski definition) is 2. The number of urea groups is 1. The summed E-state index contributed by atoms with van der Waals surface area (Å²) in [6.45, 7) is 1.51. The number of nitrogens with one attached hydrogen (secondary N) is 1. The minimum atomic E-state index is -0.710. The van der Waals surface area contributed by atoms with E-state index in [1.165, 1.54) is 23.7 Å². The third-order valence-electron chi connectivity index (χ3n) is 3.06. The Balaban J connectivity index is 2.38. The van der Waals surface area contributed by atoms with Crippen molar-refractivity contribution in [2.24, 2.45) is 5.73 Å². The number of benzene rings is 1. The minimum absolute atomic E-state index is 0.0603. The maximum Gasteiger partial charge on any atom is 0.331 e. The molecule has 0 spiro atoms. The molecule has 1 aromatic heterocycles. The lowest BCUT2D eigenvalue weighted by Crippen LogP contribution is -2.30. The van der Waals surface area contributed by atoms with Crippen molar-refractivity contribution >= 4 is 11.8 Å². The first-order valence-corrected chi connectivity index (χ1v) is 6.50. The molecular formula is C15H16FN3O2. The van der Waals surface area contributed by atoms with Gasteiger partial charge in [-0.3, -0.25) is 4.68 Å². The van der Waals surface area contributed by atoms with Crippen LogP contribution in [0.2, 0.25) is 0 Å². The van der Waals surface area contributed by atoms with Gasteiger partial charge in [0.05, 0.1) is 5.69 Å². The third-order valence-corrected chi connectivity index (χ3v) is 3.06. The molecule has 2 rings (SSSR count). The van der Waals surface area contributed by atoms with Crippen LogP contribution in [-0.2, 0) is 11.2 Å². The highest BCUT2D eigenvalue weighted by Crippen LogP contribution is 2.22. The topological polar surface area (TPSA) is 77.1 Å². The van der Waals surface area contributed by atoms with Crippen molar-refractivity contribution < 1.29 is 14.0 Å². The van der Waals surface area contributed by atoms with Crippen molar-refractivity contribution in [1.82, 2.24) is 4.68 Å². The van der Waals surface area contributed by atoms with Gasteiger partial charge in [-0.2, -0.15) is 0 Å². The molecule has 1 aromatic carbocycles. The second-order valence-electron chi connectivity index (χ2n) is 4.73. The summed E-state index contributed by atoms with van der Waals surface area (Å²) < 4.78 is 14.5. The molecule has 0 fully saturated rings. The predicted molar refractivity (Wildman–Crippen MR) is 77.8 cm³/mol. The van der Waals surface area contributed by atoms with E-state index in [-0.39, 0.29) is 11.6 Å². The summed E-state index contributed by atoms with van der Waals surface area (Å²) in [5, 5.41) is 0. The molecule has 6 heteroatoms. The van der Waals surface area contributed by atoms with E-state index in [2.05, 4.69) is 5.43 Å². The van der Waals surface area contributed by atoms with E-state index in [4.69, 9.17) is 5.73 Å². The summed E-state index contributed by atoms with van der Waals surface area (Å²) in [5.41, 5.74) is 9.85. The molecule has 0 unspecified atom stereocenters. The fourth-order valence-corrected chi connectivity index (χ4v) is 2.07. The maximum absolute atomic E-state index is 13.0. The fourth-order valence-electron chi connectivity index (χ4n) is 2.07. The van der Waals surface area contributed by atoms with Crippen LogP contribution in [-0.4, -0.2) is 16.5 Å². The van der Waals surface area contributed by atoms with E-state index in [1.807, 2.05) is 0 Å². The van der Waals surface area contributed by atoms with E-state index < -0.39 is 6.03 Å². The van der Waals surface area contributed by atoms with E-state index in [0.717, 1.165) is 11.3 Å². The SMILES string of the molecule is CC(=O)CCc1ccc(-c2ccc(F)cc2)n1NC(N)=O. The molecule has 0 aliphatic rings. The number of hydrogen-bond acceptors (Lipinski definition) is 2. The lowest BCUT2D eigenvalue weighted by atomic mass is 10.1. The molecule has 0 saturated carbocycles. The predicted octanol–water partition coefficient (Wildman–Crippen LogP) is 2.44. The number of aromatic nitrogens is 1. The Bertz CT molecular complexity index is 662. The van der Waals surface area contributed by atoms with Gasteiger partial charge in [0.15, 0.2) is 0 Å². The second kappa shape index (κ2) is 6.21. The molecule has 0 aliphatic heterocycles. The number of halogens is 1. The monoisotopic (exact) mass is 289 g/mol. The minimum Gasteiger partial charge on any atom is -0.350 e. The Morgan fingerprint density at radius 3 is 2.43 bits per heavy atom. The standard InChI is InChI=1S/C15H16FN3O2/c1-10(20)2-7-13-8-9-14(19(13)18-15(17)21)11-3-5-12(16)6-4-11/h3-6,8-9H,2,7H2,1H3,(H3,17,18,21). The highest BCUT2D eigenvalue weighted by atomic mass is 19.1. The van der Waals surface area contributed by atoms with Gasteiger partial charge < -0.3 is 10.5 Å². The second-order valence-corrected chi connectivity index (χ2v) is 4.73. The number of nitrogens with zero attached hydrogens (tertiary/aromatic N) is 1. The molecule has 21 heavy (non-hydrogen) atoms. The number of ketones is 1. The van der Waals surface area contributed by atoms with Crippen molar-refractivity contribution in [3.05, 3.63) is 47.9 Å². The number of carbonyl (C=O) groups excluding carboxylic acids is 2. The van der Waals surface area contributed by atoms with Crippen LogP contribution in [0.1, 0.15) is 19.0 Å². The Labute approximate surface area is 121 Å². The molecular weight excluding hydrogens is 273 g/mol. The quantitative estimate of drug-likeness (QED) is 0.886. The number of Topliss-reactive ketones (excluding diaryl/α,β-unsaturated/α-hetero) is 1. The number of nitrogens with two attached hydrogens (primary N) is 1. The highest BCUT2D eigenvalue weighted by Gasteiger charge is 2.12. The molecule has 2 aromatic rings. The third kappa shape index (κ3) is 3.68. The van der Waals surface area contributed by atoms with E-state index in [0.29, 0.717) is 18.5 Å². The van der Waals surface area contributed by atoms with Crippen molar-refractivity contribution in [1.29, 1.82) is 0 Å². The Kier molecular flexibility index (Phi) is 4.37. The van der Waals surface area contributed by atoms with Gasteiger partial charge in [-0.1, -0.05) is 0 Å². The van der Waals surface area contributed by atoms with E-state index >= 15 is 0 Å². The van der Waals surface area contributed by atoms with Crippen LogP contribution >= 0.6 is 0 Å². The highest BCUT2D eigenvalue weighted by molar-refractivity contribution is 5.81. The van der Waals surface area contributed by atoms with Gasteiger partial charge in [0.2, 0.25) is 0 Å². The lowest BCUT2D eigenvalue weighted by Gasteiger charge is -2.13. The Morgan fingerprint density at radius 1 is 1.19 bits per heavy atom. The molecule has 110 valence electrons. The molecule has 0 saturated heterocycles. The van der Waals surface area contributed by atoms with Crippen LogP contribution in [0.3, 0.4) is 0 Å². The molecule has 0 bridgehead atoms. The summed E-state index contributed by atoms with van der Waals surface area (Å²) in [7, 11) is 0. The summed E-state index contributed by atoms with van der Waals surface area (Å²) in [4.78, 5) is 22.3. The smallest absolute Gasteiger partial charge is 0.331 e. The van der Waals surface area contributed by atoms with Crippen molar-refractivity contribution in [3.8, 4) is 11.3 Å². The van der Waals surface area contributed by atoms with Crippen LogP contribution in [0.15, 0.2) is 36.4 Å². The van der Waals surface area contributed by atoms with Crippen LogP contribution < -0.4 is 11.2 Å². The van der Waals surface area contributed by atoms with E-state index in [1.54, 1.807) is 24.3 Å². The van der Waals surface area contributed by atoms with Crippen molar-refractivity contribution in [2.45, 2.75) is 19.8 Å². The molecule has 5 nitrogen and oxygen atoms in total. The van der Waals surface area contributed by atoms with Gasteiger partial charge in [-0.15, -0.1) is 0 Å². The zero-order chi connectivity index (χ0) is 15.4. The van der Waals surface area contributed by atoms with Gasteiger partial charge in [-0.05, 0) is 49.7 Å². The van der Waals surface area contributed by atoms with Crippen LogP contribution in [0.5, 0.6) is 0 Å². The summed E-state index contributed by atoms with van der Waals surface area (Å²) in [6, 6.07) is 8.78. The zero-order valence-corrected chi connectivity index (χ0v) is 11.6. The zero-order valence-electron chi connectivity index (χ0n) is 11.6. The summed E-state index contributed by atoms with van der Waals surface area (Å²) >= 11 is 0. The Morgan fingerprint density at radius 2 is 1.86 bits per heavy atom. The first kappa shape index (κ1) is 14.8. The molecule has 3 N–H and O–H groups in total. The number of rotatable bonds is 5. The van der Waals surface area contributed by atoms with Crippen LogP contribution in [0, 0.1) is 5.82 Å². The first-order chi connectivity index (χ1) is 9.97. The summed E-state index contributed by atoms with van der Waals surface area (Å²) in [6.07, 6.45) is 0.851. The largest absolute Gasteiger partial charge is 0.350 e. The number of carbonyl (C=O) groups is 2. The van der Waals surface area contributed by atoms with Crippen molar-refractivity contribution in [2.75, 3.05) is 5.43 Å². The average Bonchev–Trinajstić information content (AvgIpc) is 2.79. The van der Waals surface area contributed by atoms with Crippen LogP contribution in [0.25, 0.3) is 11.3 Å². The average molecular weight is 289 g/mol. The number of primary amides is 1. The molecule has 0 atom stereocenters. The van der Waals surface area contributed by atoms with Gasteiger partial charge in [0.1, 0.15) is 11.6 Å². The fraction of sp³-hybridized carbons (Fsp3) is 0.200. The van der Waals surface area contributed by atoms with Gasteiger partial charge in [0, 0.05) is 17.7 Å². The molecule has 0 radical (unpaired) electrons. The van der Waals surface area contributed by atoms with E-state index in [9.17, 15) is 14.0 Å². The van der Waals surface area contributed by atoms with Gasteiger partial charge in [0.25, 0.3) is 0 Å². The normalized spacial score (nSPS) is 10.4. The molecule has 2 amide bonds. The van der Waals surface area contributed by atoms with Crippen LogP contribution in [0.4, 0.5) is 9.18 Å². The van der Waals surface area contributed by atoms with Gasteiger partial charge in [-0.25, -0.2) is 14.6 Å². The first-order valence-electron chi connectivity index (χ1n) is 6.50. The number of aryl methyl sites for hydroxylation is 1. The molecule has 1 heterocycles. The van der Waals surface area contributed by atoms with Crippen molar-refractivity contribution in [3.63, 3.8) is 0 Å². The lowest BCUT2D eigenvalue weighted by molar-refractivity contribution is -0.117. The van der Waals surface area contributed by atoms with Gasteiger partial charge >= 0.3 is 6.03 Å². The maximum atomic E-state index is 13.0. The Hall–Kier alpha value is -2.63.